The van der Waals surface area contributed by atoms with Gasteiger partial charge in [0.25, 0.3) is 0 Å². The van der Waals surface area contributed by atoms with Crippen molar-refractivity contribution in [1.29, 1.82) is 0 Å². The Hall–Kier alpha value is -1.78. The molecule has 13 heavy (non-hydrogen) atoms. The normalized spacial score (nSPS) is 9.62. The summed E-state index contributed by atoms with van der Waals surface area (Å²) in [5.74, 6) is -2.55. The third-order valence-corrected chi connectivity index (χ3v) is 1.34. The molecule has 0 bridgehead atoms. The highest BCUT2D eigenvalue weighted by molar-refractivity contribution is 6.05. The predicted octanol–water partition coefficient (Wildman–Crippen LogP) is 0.878. The number of aliphatic carboxylic acids is 1. The van der Waals surface area contributed by atoms with Crippen LogP contribution in [0, 0.1) is 5.82 Å². The first-order chi connectivity index (χ1) is 6.09. The van der Waals surface area contributed by atoms with Gasteiger partial charge < -0.3 is 5.11 Å². The molecule has 0 radical (unpaired) electrons. The minimum atomic E-state index is -1.24. The third-order valence-electron chi connectivity index (χ3n) is 1.34. The second-order valence-corrected chi connectivity index (χ2v) is 2.39. The molecule has 0 aliphatic heterocycles. The van der Waals surface area contributed by atoms with Crippen molar-refractivity contribution in [2.45, 2.75) is 6.42 Å². The molecule has 1 aromatic rings. The van der Waals surface area contributed by atoms with E-state index in [9.17, 15) is 14.0 Å². The molecule has 0 saturated carbocycles. The molecular formula is C8H6FNO3. The molecule has 0 spiro atoms. The summed E-state index contributed by atoms with van der Waals surface area (Å²) in [5.41, 5.74) is -0.0256. The van der Waals surface area contributed by atoms with Crippen molar-refractivity contribution in [1.82, 2.24) is 4.98 Å². The first-order valence-corrected chi connectivity index (χ1v) is 3.45. The Morgan fingerprint density at radius 2 is 2.15 bits per heavy atom. The maximum atomic E-state index is 12.5. The maximum Gasteiger partial charge on any atom is 0.311 e. The molecule has 0 aliphatic rings. The molecule has 0 aliphatic carbocycles. The van der Waals surface area contributed by atoms with E-state index in [1.165, 1.54) is 0 Å². The zero-order valence-corrected chi connectivity index (χ0v) is 6.53. The molecule has 5 heteroatoms. The zero-order valence-electron chi connectivity index (χ0n) is 6.53. The number of halogens is 1. The highest BCUT2D eigenvalue weighted by Gasteiger charge is 2.11. The summed E-state index contributed by atoms with van der Waals surface area (Å²) >= 11 is 0. The van der Waals surface area contributed by atoms with Gasteiger partial charge in [-0.1, -0.05) is 0 Å². The second kappa shape index (κ2) is 3.75. The lowest BCUT2D eigenvalue weighted by molar-refractivity contribution is -0.135. The summed E-state index contributed by atoms with van der Waals surface area (Å²) in [6.07, 6.45) is 1.43. The van der Waals surface area contributed by atoms with E-state index in [-0.39, 0.29) is 5.56 Å². The van der Waals surface area contributed by atoms with Crippen molar-refractivity contribution in [3.8, 4) is 0 Å². The summed E-state index contributed by atoms with van der Waals surface area (Å²) in [5, 5.41) is 8.28. The average Bonchev–Trinajstić information content (AvgIpc) is 2.03. The largest absolute Gasteiger partial charge is 0.481 e. The summed E-state index contributed by atoms with van der Waals surface area (Å²) in [4.78, 5) is 24.6. The van der Waals surface area contributed by atoms with Crippen LogP contribution < -0.4 is 0 Å². The van der Waals surface area contributed by atoms with Gasteiger partial charge in [0.1, 0.15) is 12.2 Å². The van der Waals surface area contributed by atoms with Gasteiger partial charge in [0.15, 0.2) is 5.78 Å². The number of aromatic nitrogens is 1. The van der Waals surface area contributed by atoms with Gasteiger partial charge in [0, 0.05) is 11.8 Å². The minimum absolute atomic E-state index is 0.0256. The highest BCUT2D eigenvalue weighted by Crippen LogP contribution is 2.03. The van der Waals surface area contributed by atoms with Crippen LogP contribution in [0.4, 0.5) is 4.39 Å². The molecule has 0 fully saturated rings. The molecule has 0 aromatic carbocycles. The molecule has 0 unspecified atom stereocenters. The molecule has 1 heterocycles. The fourth-order valence-electron chi connectivity index (χ4n) is 0.804. The number of carboxylic acids is 1. The van der Waals surface area contributed by atoms with Crippen molar-refractivity contribution >= 4 is 11.8 Å². The summed E-state index contributed by atoms with van der Waals surface area (Å²) in [6.45, 7) is 0. The number of carbonyl (C=O) groups excluding carboxylic acids is 1. The van der Waals surface area contributed by atoms with E-state index in [1.807, 2.05) is 0 Å². The van der Waals surface area contributed by atoms with Crippen LogP contribution >= 0.6 is 0 Å². The Morgan fingerprint density at radius 3 is 2.69 bits per heavy atom. The Balaban J connectivity index is 2.83. The topological polar surface area (TPSA) is 67.3 Å². The van der Waals surface area contributed by atoms with Gasteiger partial charge in [-0.3, -0.25) is 14.6 Å². The van der Waals surface area contributed by atoms with Crippen LogP contribution in [0.15, 0.2) is 18.5 Å². The van der Waals surface area contributed by atoms with Gasteiger partial charge in [0.2, 0.25) is 0 Å². The van der Waals surface area contributed by atoms with Gasteiger partial charge in [-0.05, 0) is 6.07 Å². The molecular weight excluding hydrogens is 177 g/mol. The van der Waals surface area contributed by atoms with Crippen LogP contribution in [0.2, 0.25) is 0 Å². The zero-order chi connectivity index (χ0) is 9.84. The highest BCUT2D eigenvalue weighted by atomic mass is 19.1. The number of carbonyl (C=O) groups is 2. The minimum Gasteiger partial charge on any atom is -0.481 e. The molecule has 0 amide bonds. The lowest BCUT2D eigenvalue weighted by Gasteiger charge is -1.96. The lowest BCUT2D eigenvalue weighted by Crippen LogP contribution is -2.07. The number of pyridine rings is 1. The van der Waals surface area contributed by atoms with Crippen molar-refractivity contribution in [3.05, 3.63) is 29.8 Å². The van der Waals surface area contributed by atoms with Crippen molar-refractivity contribution in [2.75, 3.05) is 0 Å². The standard InChI is InChI=1S/C8H6FNO3/c9-6-1-5(3-10-4-6)7(11)2-8(12)13/h1,3-4H,2H2,(H,12,13). The van der Waals surface area contributed by atoms with Crippen molar-refractivity contribution < 1.29 is 19.1 Å². The average molecular weight is 183 g/mol. The molecule has 1 N–H and O–H groups in total. The Bertz CT molecular complexity index is 351. The van der Waals surface area contributed by atoms with Crippen LogP contribution in [0.1, 0.15) is 16.8 Å². The van der Waals surface area contributed by atoms with Crippen molar-refractivity contribution in [2.24, 2.45) is 0 Å². The fourth-order valence-corrected chi connectivity index (χ4v) is 0.804. The van der Waals surface area contributed by atoms with Gasteiger partial charge in [-0.15, -0.1) is 0 Å². The van der Waals surface area contributed by atoms with Gasteiger partial charge in [0.05, 0.1) is 6.20 Å². The summed E-state index contributed by atoms with van der Waals surface area (Å²) in [7, 11) is 0. The molecule has 1 rings (SSSR count). The molecule has 0 atom stereocenters. The Morgan fingerprint density at radius 1 is 1.46 bits per heavy atom. The number of ketones is 1. The lowest BCUT2D eigenvalue weighted by atomic mass is 10.1. The first-order valence-electron chi connectivity index (χ1n) is 3.45. The van der Waals surface area contributed by atoms with E-state index in [2.05, 4.69) is 4.98 Å². The van der Waals surface area contributed by atoms with Crippen LogP contribution in [0.5, 0.6) is 0 Å². The van der Waals surface area contributed by atoms with E-state index in [4.69, 9.17) is 5.11 Å². The molecule has 0 saturated heterocycles. The van der Waals surface area contributed by atoms with Crippen LogP contribution in [0.25, 0.3) is 0 Å². The quantitative estimate of drug-likeness (QED) is 0.557. The number of nitrogens with zero attached hydrogens (tertiary/aromatic N) is 1. The Labute approximate surface area is 73.0 Å². The van der Waals surface area contributed by atoms with Gasteiger partial charge in [-0.25, -0.2) is 4.39 Å². The van der Waals surface area contributed by atoms with Crippen LogP contribution in [-0.4, -0.2) is 21.8 Å². The van der Waals surface area contributed by atoms with Gasteiger partial charge in [-0.2, -0.15) is 0 Å². The molecule has 1 aromatic heterocycles. The maximum absolute atomic E-state index is 12.5. The predicted molar refractivity (Wildman–Crippen MR) is 40.8 cm³/mol. The number of hydrogen-bond acceptors (Lipinski definition) is 3. The van der Waals surface area contributed by atoms with Crippen molar-refractivity contribution in [3.63, 3.8) is 0 Å². The first kappa shape index (κ1) is 9.31. The summed E-state index contributed by atoms with van der Waals surface area (Å²) in [6, 6.07) is 0.957. The number of rotatable bonds is 3. The Kier molecular flexibility index (Phi) is 2.69. The molecule has 68 valence electrons. The van der Waals surface area contributed by atoms with Crippen LogP contribution in [0.3, 0.4) is 0 Å². The number of hydrogen-bond donors (Lipinski definition) is 1. The SMILES string of the molecule is O=C(O)CC(=O)c1cncc(F)c1. The summed E-state index contributed by atoms with van der Waals surface area (Å²) < 4.78 is 12.5. The van der Waals surface area contributed by atoms with Crippen LogP contribution in [-0.2, 0) is 4.79 Å². The van der Waals surface area contributed by atoms with E-state index in [0.717, 1.165) is 18.5 Å². The second-order valence-electron chi connectivity index (χ2n) is 2.39. The monoisotopic (exact) mass is 183 g/mol. The van der Waals surface area contributed by atoms with E-state index in [1.54, 1.807) is 0 Å². The fraction of sp³-hybridized carbons (Fsp3) is 0.125. The van der Waals surface area contributed by atoms with Gasteiger partial charge >= 0.3 is 5.97 Å². The third kappa shape index (κ3) is 2.62. The number of Topliss-reactive ketones (excluding diaryl/α,β-unsaturated/α-hetero) is 1. The smallest absolute Gasteiger partial charge is 0.311 e. The molecule has 4 nitrogen and oxygen atoms in total. The van der Waals surface area contributed by atoms with E-state index < -0.39 is 24.0 Å². The van der Waals surface area contributed by atoms with E-state index in [0.29, 0.717) is 0 Å². The van der Waals surface area contributed by atoms with E-state index >= 15 is 0 Å². The number of carboxylic acid groups (broad SMARTS) is 1.